The van der Waals surface area contributed by atoms with Gasteiger partial charge in [0.2, 0.25) is 0 Å². The molecule has 0 saturated carbocycles. The van der Waals surface area contributed by atoms with Gasteiger partial charge < -0.3 is 19.9 Å². The topological polar surface area (TPSA) is 44.8 Å². The Kier molecular flexibility index (Phi) is 5.79. The highest BCUT2D eigenvalue weighted by Gasteiger charge is 2.29. The van der Waals surface area contributed by atoms with Crippen LogP contribution in [0.3, 0.4) is 0 Å². The van der Waals surface area contributed by atoms with Crippen LogP contribution in [0, 0.1) is 0 Å². The van der Waals surface area contributed by atoms with Crippen molar-refractivity contribution in [2.45, 2.75) is 25.1 Å². The average Bonchev–Trinajstić information content (AvgIpc) is 2.58. The van der Waals surface area contributed by atoms with Crippen LogP contribution in [-0.4, -0.2) is 60.8 Å². The molecule has 2 amide bonds. The summed E-state index contributed by atoms with van der Waals surface area (Å²) in [6.45, 7) is 7.97. The minimum Gasteiger partial charge on any atom is -0.378 e. The first-order valence-corrected chi connectivity index (χ1v) is 9.81. The van der Waals surface area contributed by atoms with Gasteiger partial charge in [0, 0.05) is 36.7 Å². The molecule has 0 aromatic heterocycles. The summed E-state index contributed by atoms with van der Waals surface area (Å²) < 4.78 is 5.42. The van der Waals surface area contributed by atoms with Gasteiger partial charge in [-0.25, -0.2) is 4.79 Å². The summed E-state index contributed by atoms with van der Waals surface area (Å²) in [4.78, 5) is 16.9. The Morgan fingerprint density at radius 3 is 2.79 bits per heavy atom. The molecular weight excluding hydrogens is 346 g/mol. The highest BCUT2D eigenvalue weighted by Crippen LogP contribution is 2.35. The molecule has 2 aliphatic rings. The molecule has 0 aliphatic carbocycles. The van der Waals surface area contributed by atoms with Crippen LogP contribution >= 0.6 is 23.4 Å². The molecule has 0 radical (unpaired) electrons. The normalized spacial score (nSPS) is 24.8. The molecule has 2 heterocycles. The van der Waals surface area contributed by atoms with Crippen molar-refractivity contribution in [1.29, 1.82) is 0 Å². The van der Waals surface area contributed by atoms with E-state index in [2.05, 4.69) is 24.1 Å². The van der Waals surface area contributed by atoms with E-state index in [-0.39, 0.29) is 12.1 Å². The summed E-state index contributed by atoms with van der Waals surface area (Å²) in [5.74, 6) is 0.977. The summed E-state index contributed by atoms with van der Waals surface area (Å²) in [6, 6.07) is 5.83. The maximum Gasteiger partial charge on any atom is 0.322 e. The van der Waals surface area contributed by atoms with Gasteiger partial charge in [0.05, 0.1) is 29.6 Å². The van der Waals surface area contributed by atoms with E-state index in [9.17, 15) is 4.79 Å². The highest BCUT2D eigenvalue weighted by atomic mass is 35.5. The Balaban J connectivity index is 1.79. The lowest BCUT2D eigenvalue weighted by Gasteiger charge is -2.38. The van der Waals surface area contributed by atoms with Gasteiger partial charge in [-0.15, -0.1) is 0 Å². The van der Waals surface area contributed by atoms with Crippen molar-refractivity contribution in [2.75, 3.05) is 48.8 Å². The Morgan fingerprint density at radius 1 is 1.29 bits per heavy atom. The number of urea groups is 1. The van der Waals surface area contributed by atoms with E-state index in [1.54, 1.807) is 0 Å². The van der Waals surface area contributed by atoms with Crippen molar-refractivity contribution >= 4 is 40.8 Å². The molecule has 1 N–H and O–H groups in total. The Labute approximate surface area is 152 Å². The van der Waals surface area contributed by atoms with Gasteiger partial charge in [-0.1, -0.05) is 24.6 Å². The maximum absolute atomic E-state index is 12.8. The van der Waals surface area contributed by atoms with Crippen LogP contribution in [0.15, 0.2) is 18.2 Å². The number of carbonyl (C=O) groups excluding carboxylic acids is 1. The SMILES string of the molecule is C[C@@H]1[C@@H](C)SCCN1C(=O)Nc1cccc(Cl)c1N1CCOCC1. The second kappa shape index (κ2) is 7.85. The van der Waals surface area contributed by atoms with Crippen molar-refractivity contribution in [2.24, 2.45) is 0 Å². The van der Waals surface area contributed by atoms with Crippen LogP contribution in [0.25, 0.3) is 0 Å². The number of hydrogen-bond acceptors (Lipinski definition) is 4. The minimum absolute atomic E-state index is 0.0496. The van der Waals surface area contributed by atoms with Crippen molar-refractivity contribution in [3.8, 4) is 0 Å². The Hall–Kier alpha value is -1.11. The zero-order valence-electron chi connectivity index (χ0n) is 14.1. The van der Waals surface area contributed by atoms with E-state index < -0.39 is 0 Å². The fourth-order valence-corrected chi connectivity index (χ4v) is 4.52. The van der Waals surface area contributed by atoms with Gasteiger partial charge in [-0.2, -0.15) is 11.8 Å². The second-order valence-corrected chi connectivity index (χ2v) is 8.07. The van der Waals surface area contributed by atoms with Crippen molar-refractivity contribution in [3.05, 3.63) is 23.2 Å². The zero-order valence-corrected chi connectivity index (χ0v) is 15.7. The monoisotopic (exact) mass is 369 g/mol. The molecule has 5 nitrogen and oxygen atoms in total. The van der Waals surface area contributed by atoms with Crippen LogP contribution in [0.4, 0.5) is 16.2 Å². The Bertz CT molecular complexity index is 595. The molecule has 24 heavy (non-hydrogen) atoms. The number of halogens is 1. The number of hydrogen-bond donors (Lipinski definition) is 1. The predicted molar refractivity (Wildman–Crippen MR) is 102 cm³/mol. The van der Waals surface area contributed by atoms with E-state index in [4.69, 9.17) is 16.3 Å². The summed E-state index contributed by atoms with van der Waals surface area (Å²) in [6.07, 6.45) is 0. The van der Waals surface area contributed by atoms with Gasteiger partial charge in [0.15, 0.2) is 0 Å². The summed E-state index contributed by atoms with van der Waals surface area (Å²) in [7, 11) is 0. The molecule has 0 unspecified atom stereocenters. The van der Waals surface area contributed by atoms with E-state index in [1.807, 2.05) is 34.9 Å². The van der Waals surface area contributed by atoms with Gasteiger partial charge >= 0.3 is 6.03 Å². The van der Waals surface area contributed by atoms with Crippen molar-refractivity contribution < 1.29 is 9.53 Å². The number of para-hydroxylation sites is 1. The largest absolute Gasteiger partial charge is 0.378 e. The number of anilines is 2. The third kappa shape index (κ3) is 3.76. The molecule has 7 heteroatoms. The standard InChI is InChI=1S/C17H24ClN3O2S/c1-12-13(2)24-11-8-21(12)17(22)19-15-5-3-4-14(18)16(15)20-6-9-23-10-7-20/h3-5,12-13H,6-11H2,1-2H3,(H,19,22)/t12-,13-/m1/s1. The number of thioether (sulfide) groups is 1. The van der Waals surface area contributed by atoms with Gasteiger partial charge in [-0.05, 0) is 19.1 Å². The zero-order chi connectivity index (χ0) is 17.1. The number of rotatable bonds is 2. The maximum atomic E-state index is 12.8. The molecular formula is C17H24ClN3O2S. The average molecular weight is 370 g/mol. The summed E-state index contributed by atoms with van der Waals surface area (Å²) in [5, 5.41) is 4.18. The van der Waals surface area contributed by atoms with E-state index in [1.165, 1.54) is 0 Å². The number of carbonyl (C=O) groups is 1. The predicted octanol–water partition coefficient (Wildman–Crippen LogP) is 3.53. The van der Waals surface area contributed by atoms with Gasteiger partial charge in [-0.3, -0.25) is 0 Å². The minimum atomic E-state index is -0.0496. The lowest BCUT2D eigenvalue weighted by Crippen LogP contribution is -2.49. The van der Waals surface area contributed by atoms with E-state index >= 15 is 0 Å². The third-order valence-electron chi connectivity index (χ3n) is 4.70. The first-order chi connectivity index (χ1) is 11.6. The molecule has 2 saturated heterocycles. The molecule has 2 aliphatic heterocycles. The fraction of sp³-hybridized carbons (Fsp3) is 0.588. The van der Waals surface area contributed by atoms with Crippen LogP contribution in [0.1, 0.15) is 13.8 Å². The van der Waals surface area contributed by atoms with Crippen LogP contribution in [0.2, 0.25) is 5.02 Å². The summed E-state index contributed by atoms with van der Waals surface area (Å²) >= 11 is 8.35. The van der Waals surface area contributed by atoms with Gasteiger partial charge in [0.25, 0.3) is 0 Å². The number of ether oxygens (including phenoxy) is 1. The van der Waals surface area contributed by atoms with E-state index in [0.29, 0.717) is 23.5 Å². The molecule has 2 atom stereocenters. The molecule has 0 spiro atoms. The molecule has 2 fully saturated rings. The lowest BCUT2D eigenvalue weighted by atomic mass is 10.2. The first kappa shape index (κ1) is 17.7. The third-order valence-corrected chi connectivity index (χ3v) is 6.34. The lowest BCUT2D eigenvalue weighted by molar-refractivity contribution is 0.123. The van der Waals surface area contributed by atoms with Crippen molar-refractivity contribution in [3.63, 3.8) is 0 Å². The molecule has 1 aromatic rings. The van der Waals surface area contributed by atoms with Crippen molar-refractivity contribution in [1.82, 2.24) is 4.90 Å². The smallest absolute Gasteiger partial charge is 0.322 e. The number of amides is 2. The first-order valence-electron chi connectivity index (χ1n) is 8.38. The van der Waals surface area contributed by atoms with Gasteiger partial charge in [0.1, 0.15) is 0 Å². The second-order valence-electron chi connectivity index (χ2n) is 6.18. The fourth-order valence-electron chi connectivity index (χ4n) is 3.13. The number of nitrogens with zero attached hydrogens (tertiary/aromatic N) is 2. The molecule has 0 bridgehead atoms. The number of morpholine rings is 1. The number of nitrogens with one attached hydrogen (secondary N) is 1. The van der Waals surface area contributed by atoms with Crippen LogP contribution in [-0.2, 0) is 4.74 Å². The number of benzene rings is 1. The Morgan fingerprint density at radius 2 is 2.04 bits per heavy atom. The van der Waals surface area contributed by atoms with Crippen LogP contribution < -0.4 is 10.2 Å². The molecule has 132 valence electrons. The molecule has 1 aromatic carbocycles. The summed E-state index contributed by atoms with van der Waals surface area (Å²) in [5.41, 5.74) is 1.66. The highest BCUT2D eigenvalue weighted by molar-refractivity contribution is 8.00. The molecule has 3 rings (SSSR count). The van der Waals surface area contributed by atoms with Crippen LogP contribution in [0.5, 0.6) is 0 Å². The van der Waals surface area contributed by atoms with E-state index in [0.717, 1.165) is 36.8 Å². The quantitative estimate of drug-likeness (QED) is 0.866.